The van der Waals surface area contributed by atoms with Crippen LogP contribution >= 0.6 is 11.6 Å². The number of hydrogen-bond donors (Lipinski definition) is 1. The molecule has 0 unspecified atom stereocenters. The number of H-pyrrole nitrogens is 1. The highest BCUT2D eigenvalue weighted by molar-refractivity contribution is 6.31. The molecule has 1 N–H and O–H groups in total. The third-order valence-electron chi connectivity index (χ3n) is 5.43. The van der Waals surface area contributed by atoms with Crippen LogP contribution in [0.2, 0.25) is 5.02 Å². The molecule has 7 heteroatoms. The minimum atomic E-state index is -0.0920. The van der Waals surface area contributed by atoms with Crippen LogP contribution in [0.1, 0.15) is 23.2 Å². The lowest BCUT2D eigenvalue weighted by molar-refractivity contribution is 0.0624. The van der Waals surface area contributed by atoms with E-state index < -0.39 is 0 Å². The molecule has 5 rings (SSSR count). The normalized spacial score (nSPS) is 18.5. The summed E-state index contributed by atoms with van der Waals surface area (Å²) in [6.07, 6.45) is 5.53. The molecular weight excluding hydrogens is 350 g/mol. The zero-order chi connectivity index (χ0) is 17.7. The zero-order valence-corrected chi connectivity index (χ0v) is 14.9. The maximum Gasteiger partial charge on any atom is 0.254 e. The van der Waals surface area contributed by atoms with Crippen molar-refractivity contribution in [3.05, 3.63) is 53.4 Å². The number of carbonyl (C=O) groups excluding carboxylic acids is 1. The van der Waals surface area contributed by atoms with Gasteiger partial charge in [-0.25, -0.2) is 9.97 Å². The molecular formula is C19H18ClN5O. The number of amides is 1. The van der Waals surface area contributed by atoms with Crippen molar-refractivity contribution in [2.24, 2.45) is 0 Å². The van der Waals surface area contributed by atoms with Crippen molar-refractivity contribution < 1.29 is 4.79 Å². The van der Waals surface area contributed by atoms with Crippen LogP contribution in [0.15, 0.2) is 42.9 Å². The maximum atomic E-state index is 13.0. The molecule has 0 radical (unpaired) electrons. The Kier molecular flexibility index (Phi) is 3.43. The van der Waals surface area contributed by atoms with Gasteiger partial charge in [-0.05, 0) is 37.1 Å². The average Bonchev–Trinajstić information content (AvgIpc) is 3.23. The fourth-order valence-corrected chi connectivity index (χ4v) is 4.13. The molecule has 1 aromatic carbocycles. The molecule has 1 spiro atoms. The molecule has 1 amide bonds. The highest BCUT2D eigenvalue weighted by Crippen LogP contribution is 2.46. The largest absolute Gasteiger partial charge is 0.352 e. The summed E-state index contributed by atoms with van der Waals surface area (Å²) in [7, 11) is 0. The van der Waals surface area contributed by atoms with E-state index in [1.807, 2.05) is 29.3 Å². The summed E-state index contributed by atoms with van der Waals surface area (Å²) in [6.45, 7) is 2.24. The van der Waals surface area contributed by atoms with E-state index in [9.17, 15) is 4.79 Å². The van der Waals surface area contributed by atoms with Gasteiger partial charge in [-0.1, -0.05) is 17.7 Å². The number of rotatable bonds is 2. The van der Waals surface area contributed by atoms with Crippen LogP contribution in [0.5, 0.6) is 0 Å². The molecule has 3 heterocycles. The number of fused-ring (bicyclic) bond motifs is 1. The Morgan fingerprint density at radius 2 is 2.08 bits per heavy atom. The summed E-state index contributed by atoms with van der Waals surface area (Å²) >= 11 is 6.07. The molecule has 0 atom stereocenters. The van der Waals surface area contributed by atoms with Gasteiger partial charge in [0, 0.05) is 36.4 Å². The number of carbonyl (C=O) groups is 1. The Morgan fingerprint density at radius 1 is 1.19 bits per heavy atom. The second-order valence-electron chi connectivity index (χ2n) is 7.05. The molecule has 1 saturated heterocycles. The fourth-order valence-electron chi connectivity index (χ4n) is 3.94. The van der Waals surface area contributed by atoms with Crippen molar-refractivity contribution in [3.63, 3.8) is 0 Å². The van der Waals surface area contributed by atoms with E-state index in [0.717, 1.165) is 42.8 Å². The Labute approximate surface area is 155 Å². The van der Waals surface area contributed by atoms with Crippen LogP contribution < -0.4 is 4.90 Å². The van der Waals surface area contributed by atoms with Crippen molar-refractivity contribution in [3.8, 4) is 0 Å². The topological polar surface area (TPSA) is 65.1 Å². The van der Waals surface area contributed by atoms with Gasteiger partial charge in [-0.15, -0.1) is 0 Å². The first-order chi connectivity index (χ1) is 12.7. The minimum absolute atomic E-state index is 0.0686. The number of piperazine rings is 1. The number of anilines is 1. The lowest BCUT2D eigenvalue weighted by Gasteiger charge is -2.42. The molecule has 3 aromatic rings. The van der Waals surface area contributed by atoms with Crippen molar-refractivity contribution in [1.29, 1.82) is 0 Å². The first-order valence-electron chi connectivity index (χ1n) is 8.77. The summed E-state index contributed by atoms with van der Waals surface area (Å²) in [6, 6.07) is 9.22. The molecule has 0 bridgehead atoms. The van der Waals surface area contributed by atoms with E-state index in [-0.39, 0.29) is 11.4 Å². The lowest BCUT2D eigenvalue weighted by atomic mass is 10.1. The molecule has 2 aromatic heterocycles. The molecule has 1 aliphatic carbocycles. The van der Waals surface area contributed by atoms with Gasteiger partial charge in [-0.2, -0.15) is 0 Å². The fraction of sp³-hybridized carbons (Fsp3) is 0.316. The van der Waals surface area contributed by atoms with Gasteiger partial charge in [0.2, 0.25) is 0 Å². The van der Waals surface area contributed by atoms with E-state index in [1.54, 1.807) is 18.5 Å². The summed E-state index contributed by atoms with van der Waals surface area (Å²) in [5.41, 5.74) is 1.41. The second-order valence-corrected chi connectivity index (χ2v) is 7.49. The molecule has 2 aliphatic rings. The second kappa shape index (κ2) is 5.71. The van der Waals surface area contributed by atoms with E-state index >= 15 is 0 Å². The summed E-state index contributed by atoms with van der Waals surface area (Å²) < 4.78 is 0. The van der Waals surface area contributed by atoms with Crippen LogP contribution in [-0.4, -0.2) is 50.9 Å². The Bertz CT molecular complexity index is 996. The standard InChI is InChI=1S/C19H18ClN5O/c20-14-3-1-2-13(10-14)18(26)25-9-8-24(11-19(25)5-6-19)17-15-4-7-21-16(15)22-12-23-17/h1-4,7,10,12H,5-6,8-9,11H2,(H,21,22,23). The molecule has 1 saturated carbocycles. The predicted molar refractivity (Wildman–Crippen MR) is 101 cm³/mol. The third-order valence-corrected chi connectivity index (χ3v) is 5.66. The van der Waals surface area contributed by atoms with Gasteiger partial charge in [0.1, 0.15) is 17.8 Å². The smallest absolute Gasteiger partial charge is 0.254 e. The molecule has 6 nitrogen and oxygen atoms in total. The van der Waals surface area contributed by atoms with Crippen molar-refractivity contribution in [2.45, 2.75) is 18.4 Å². The summed E-state index contributed by atoms with van der Waals surface area (Å²) in [4.78, 5) is 29.3. The van der Waals surface area contributed by atoms with E-state index in [1.165, 1.54) is 0 Å². The number of nitrogens with one attached hydrogen (secondary N) is 1. The number of benzene rings is 1. The van der Waals surface area contributed by atoms with Crippen LogP contribution in [0, 0.1) is 0 Å². The number of aromatic amines is 1. The monoisotopic (exact) mass is 367 g/mol. The molecule has 1 aliphatic heterocycles. The Balaban J connectivity index is 1.43. The predicted octanol–water partition coefficient (Wildman–Crippen LogP) is 3.11. The highest BCUT2D eigenvalue weighted by Gasteiger charge is 2.53. The Morgan fingerprint density at radius 3 is 2.88 bits per heavy atom. The van der Waals surface area contributed by atoms with Crippen LogP contribution in [0.3, 0.4) is 0 Å². The van der Waals surface area contributed by atoms with Crippen molar-refractivity contribution in [1.82, 2.24) is 19.9 Å². The first kappa shape index (κ1) is 15.6. The number of nitrogens with zero attached hydrogens (tertiary/aromatic N) is 4. The summed E-state index contributed by atoms with van der Waals surface area (Å²) in [5.74, 6) is 1.01. The van der Waals surface area contributed by atoms with E-state index in [4.69, 9.17) is 11.6 Å². The number of aromatic nitrogens is 3. The van der Waals surface area contributed by atoms with Crippen LogP contribution in [0.4, 0.5) is 5.82 Å². The zero-order valence-electron chi connectivity index (χ0n) is 14.2. The third kappa shape index (κ3) is 2.44. The highest BCUT2D eigenvalue weighted by atomic mass is 35.5. The van der Waals surface area contributed by atoms with Crippen molar-refractivity contribution in [2.75, 3.05) is 24.5 Å². The molecule has 26 heavy (non-hydrogen) atoms. The van der Waals surface area contributed by atoms with Crippen molar-refractivity contribution >= 4 is 34.4 Å². The SMILES string of the molecule is O=C(c1cccc(Cl)c1)N1CCN(c2ncnc3[nH]ccc23)CC12CC2. The van der Waals surface area contributed by atoms with Gasteiger partial charge in [0.15, 0.2) is 0 Å². The lowest BCUT2D eigenvalue weighted by Crippen LogP contribution is -2.57. The summed E-state index contributed by atoms with van der Waals surface area (Å²) in [5, 5.41) is 1.62. The van der Waals surface area contributed by atoms with E-state index in [2.05, 4.69) is 19.9 Å². The van der Waals surface area contributed by atoms with Gasteiger partial charge in [0.05, 0.1) is 10.9 Å². The first-order valence-corrected chi connectivity index (χ1v) is 9.15. The minimum Gasteiger partial charge on any atom is -0.352 e. The molecule has 132 valence electrons. The number of hydrogen-bond acceptors (Lipinski definition) is 4. The van der Waals surface area contributed by atoms with Crippen LogP contribution in [0.25, 0.3) is 11.0 Å². The molecule has 2 fully saturated rings. The van der Waals surface area contributed by atoms with Crippen LogP contribution in [-0.2, 0) is 0 Å². The quantitative estimate of drug-likeness (QED) is 0.755. The van der Waals surface area contributed by atoms with Gasteiger partial charge in [0.25, 0.3) is 5.91 Å². The average molecular weight is 368 g/mol. The van der Waals surface area contributed by atoms with Gasteiger partial charge < -0.3 is 14.8 Å². The van der Waals surface area contributed by atoms with E-state index in [0.29, 0.717) is 17.1 Å². The number of halogens is 1. The van der Waals surface area contributed by atoms with Gasteiger partial charge in [-0.3, -0.25) is 4.79 Å². The van der Waals surface area contributed by atoms with Gasteiger partial charge >= 0.3 is 0 Å². The maximum absolute atomic E-state index is 13.0. The Hall–Kier alpha value is -2.60.